The van der Waals surface area contributed by atoms with Crippen LogP contribution in [0.1, 0.15) is 68.3 Å². The van der Waals surface area contributed by atoms with Gasteiger partial charge in [-0.05, 0) is 153 Å². The Morgan fingerprint density at radius 1 is 0.539 bits per heavy atom. The number of imidazole rings is 2. The molecule has 2 saturated heterocycles. The zero-order valence-corrected chi connectivity index (χ0v) is 47.5. The Morgan fingerprint density at radius 3 is 1.33 bits per heavy atom. The number of terminal acetylenes is 1. The Balaban J connectivity index is 0.000000201. The third-order valence-corrected chi connectivity index (χ3v) is 12.2. The number of anilines is 2. The monoisotopic (exact) mass is 1160 g/mol. The van der Waals surface area contributed by atoms with E-state index >= 15 is 0 Å². The van der Waals surface area contributed by atoms with Gasteiger partial charge in [-0.15, -0.1) is 6.42 Å². The number of nitrogens with one attached hydrogen (secondary N) is 1. The summed E-state index contributed by atoms with van der Waals surface area (Å²) in [7, 11) is 0. The molecule has 17 heteroatoms. The van der Waals surface area contributed by atoms with Crippen LogP contribution in [0, 0.1) is 154 Å². The molecule has 89 heavy (non-hydrogen) atoms. The molecule has 2 aliphatic rings. The SMILES string of the molecule is C.C#CC#CC#CC#CC#CC#CC#CC#CC#CC#CC#CC#CC#CC.Nc1nccc(-c2c(-c3ccccc3)ncn2C2CCN(Cc3ccon3)CC2)n1.Nc1nccc(-c2c(-c3ccccc3)ncn2C2CCNCC2)n1.O=Cc1ccon1. The van der Waals surface area contributed by atoms with Crippen LogP contribution in [0.3, 0.4) is 0 Å². The molecule has 0 spiro atoms. The molecule has 0 saturated carbocycles. The lowest BCUT2D eigenvalue weighted by Crippen LogP contribution is -2.34. The van der Waals surface area contributed by atoms with Gasteiger partial charge in [0.05, 0.1) is 52.5 Å². The molecule has 0 amide bonds. The van der Waals surface area contributed by atoms with Crippen LogP contribution < -0.4 is 16.8 Å². The van der Waals surface area contributed by atoms with E-state index in [0.29, 0.717) is 24.1 Å². The number of nitrogen functional groups attached to an aromatic ring is 2. The number of aldehydes is 1. The Bertz CT molecular complexity index is 4520. The average molecular weight is 1160 g/mol. The molecule has 2 aliphatic heterocycles. The maximum Gasteiger partial charge on any atom is 0.220 e. The third-order valence-electron chi connectivity index (χ3n) is 12.2. The van der Waals surface area contributed by atoms with Crippen molar-refractivity contribution in [3.05, 3.63) is 134 Å². The third kappa shape index (κ3) is 21.9. The molecule has 0 bridgehead atoms. The van der Waals surface area contributed by atoms with Gasteiger partial charge in [-0.1, -0.05) is 84.3 Å². The topological polar surface area (TPSA) is 224 Å². The van der Waals surface area contributed by atoms with Gasteiger partial charge in [-0.25, -0.2) is 29.9 Å². The van der Waals surface area contributed by atoms with Crippen molar-refractivity contribution in [2.24, 2.45) is 0 Å². The van der Waals surface area contributed by atoms with Gasteiger partial charge in [0.25, 0.3) is 0 Å². The molecule has 5 N–H and O–H groups in total. The first-order chi connectivity index (χ1) is 43.4. The molecule has 2 aromatic carbocycles. The van der Waals surface area contributed by atoms with Gasteiger partial charge < -0.3 is 35.0 Å². The number of nitrogens with two attached hydrogens (primary N) is 2. The number of nitrogens with zero attached hydrogens (tertiary/aromatic N) is 11. The van der Waals surface area contributed by atoms with Crippen LogP contribution in [0.2, 0.25) is 0 Å². The number of hydrogen-bond acceptors (Lipinski definition) is 15. The lowest BCUT2D eigenvalue weighted by atomic mass is 10.0. The quantitative estimate of drug-likeness (QED) is 0.0929. The van der Waals surface area contributed by atoms with Gasteiger partial charge in [0.2, 0.25) is 11.9 Å². The van der Waals surface area contributed by atoms with Crippen LogP contribution in [0.4, 0.5) is 11.9 Å². The van der Waals surface area contributed by atoms with Gasteiger partial charge in [0.1, 0.15) is 18.2 Å². The van der Waals surface area contributed by atoms with Gasteiger partial charge in [-0.3, -0.25) is 9.69 Å². The highest BCUT2D eigenvalue weighted by molar-refractivity contribution is 5.78. The maximum absolute atomic E-state index is 9.75. The van der Waals surface area contributed by atoms with E-state index in [1.165, 1.54) is 12.3 Å². The van der Waals surface area contributed by atoms with Crippen molar-refractivity contribution in [1.29, 1.82) is 0 Å². The van der Waals surface area contributed by atoms with E-state index < -0.39 is 0 Å². The predicted molar refractivity (Wildman–Crippen MR) is 344 cm³/mol. The van der Waals surface area contributed by atoms with Crippen molar-refractivity contribution in [3.63, 3.8) is 0 Å². The number of carbonyl (C=O) groups is 1. The van der Waals surface area contributed by atoms with Crippen molar-refractivity contribution in [1.82, 2.24) is 59.6 Å². The van der Waals surface area contributed by atoms with E-state index in [-0.39, 0.29) is 19.3 Å². The Labute approximate surface area is 519 Å². The van der Waals surface area contributed by atoms with Crippen molar-refractivity contribution in [2.75, 3.05) is 37.6 Å². The minimum absolute atomic E-state index is 0. The zero-order chi connectivity index (χ0) is 61.5. The fourth-order valence-electron chi connectivity index (χ4n) is 8.44. The summed E-state index contributed by atoms with van der Waals surface area (Å²) in [5.41, 5.74) is 20.6. The molecular formula is C72H54N14O3. The zero-order valence-electron chi connectivity index (χ0n) is 47.5. The number of piperidine rings is 2. The number of likely N-dealkylation sites (tertiary alicyclic amines) is 1. The van der Waals surface area contributed by atoms with Crippen LogP contribution in [-0.2, 0) is 6.54 Å². The minimum Gasteiger partial charge on any atom is -0.368 e. The second kappa shape index (κ2) is 37.9. The van der Waals surface area contributed by atoms with Crippen molar-refractivity contribution >= 4 is 18.2 Å². The number of aromatic nitrogens is 10. The molecule has 2 fully saturated rings. The van der Waals surface area contributed by atoms with Gasteiger partial charge >= 0.3 is 0 Å². The molecule has 10 rings (SSSR count). The summed E-state index contributed by atoms with van der Waals surface area (Å²) in [6, 6.07) is 28.4. The van der Waals surface area contributed by atoms with Crippen LogP contribution in [0.15, 0.2) is 132 Å². The van der Waals surface area contributed by atoms with Crippen molar-refractivity contribution in [3.8, 4) is 200 Å². The maximum atomic E-state index is 9.75. The number of benzene rings is 2. The molecular weight excluding hydrogens is 1110 g/mol. The van der Waals surface area contributed by atoms with E-state index in [1.807, 2.05) is 67.3 Å². The highest BCUT2D eigenvalue weighted by atomic mass is 16.5. The summed E-state index contributed by atoms with van der Waals surface area (Å²) in [6.45, 7) is 6.53. The fraction of sp³-hybridized carbons (Fsp3) is 0.181. The number of hydrogen-bond donors (Lipinski definition) is 3. The lowest BCUT2D eigenvalue weighted by molar-refractivity contribution is 0.111. The summed E-state index contributed by atoms with van der Waals surface area (Å²) in [5.74, 6) is 62.4. The molecule has 8 heterocycles. The normalized spacial score (nSPS) is 11.2. The van der Waals surface area contributed by atoms with Gasteiger partial charge in [-0.2, -0.15) is 0 Å². The predicted octanol–water partition coefficient (Wildman–Crippen LogP) is 7.73. The minimum atomic E-state index is 0. The second-order valence-electron chi connectivity index (χ2n) is 17.8. The first-order valence-corrected chi connectivity index (χ1v) is 26.9. The molecule has 8 aromatic rings. The van der Waals surface area contributed by atoms with Crippen molar-refractivity contribution < 1.29 is 13.8 Å². The highest BCUT2D eigenvalue weighted by Crippen LogP contribution is 2.37. The first-order valence-electron chi connectivity index (χ1n) is 26.9. The van der Waals surface area contributed by atoms with Crippen LogP contribution in [0.25, 0.3) is 45.3 Å². The van der Waals surface area contributed by atoms with E-state index in [4.69, 9.17) is 32.4 Å². The van der Waals surface area contributed by atoms with Gasteiger partial charge in [0.15, 0.2) is 6.29 Å². The molecule has 6 aromatic heterocycles. The molecule has 17 nitrogen and oxygen atoms in total. The Kier molecular flexibility index (Phi) is 27.7. The van der Waals surface area contributed by atoms with E-state index in [0.717, 1.165) is 109 Å². The summed E-state index contributed by atoms with van der Waals surface area (Å²) in [4.78, 5) is 38.7. The average Bonchev–Trinajstić information content (AvgIpc) is 2.44. The Hall–Kier alpha value is -13.1. The van der Waals surface area contributed by atoms with E-state index in [2.05, 4.69) is 226 Å². The lowest BCUT2D eigenvalue weighted by Gasteiger charge is -2.32. The second-order valence-corrected chi connectivity index (χ2v) is 17.8. The Morgan fingerprint density at radius 2 is 0.955 bits per heavy atom. The molecule has 0 atom stereocenters. The fourth-order valence-corrected chi connectivity index (χ4v) is 8.44. The molecule has 0 aliphatic carbocycles. The van der Waals surface area contributed by atoms with Crippen LogP contribution in [-0.4, -0.2) is 86.7 Å². The summed E-state index contributed by atoms with van der Waals surface area (Å²) in [6.07, 6.45) is 20.0. The van der Waals surface area contributed by atoms with Crippen LogP contribution in [0.5, 0.6) is 0 Å². The highest BCUT2D eigenvalue weighted by Gasteiger charge is 2.27. The van der Waals surface area contributed by atoms with Gasteiger partial charge in [0, 0.05) is 115 Å². The molecule has 430 valence electrons. The number of rotatable bonds is 9. The smallest absolute Gasteiger partial charge is 0.220 e. The van der Waals surface area contributed by atoms with E-state index in [9.17, 15) is 4.79 Å². The molecule has 0 unspecified atom stereocenters. The largest absolute Gasteiger partial charge is 0.368 e. The summed E-state index contributed by atoms with van der Waals surface area (Å²) < 4.78 is 13.8. The summed E-state index contributed by atoms with van der Waals surface area (Å²) in [5, 5.41) is 10.7. The van der Waals surface area contributed by atoms with E-state index in [1.54, 1.807) is 25.6 Å². The standard InChI is InChI=1S/C27H4.C22H23N7O.C18H20N6.C4H3NO2.CH4/c1-3-5-7-9-11-13-15-17-19-21-23-25-27-26-24-22-20-18-16-14-12-10-8-6-4-2;23-22-24-10-6-19(26-22)21-20(16-4-2-1-3-5-16)25-15-29(21)18-7-11-28(12-8-18)14-17-9-13-30-27-17;19-18-21-11-8-15(23-18)17-16(13-4-2-1-3-5-13)22-12-24(17)14-6-9-20-10-7-14;6-3-4-1-2-7-5-4;/h1H,2H3;1-6,9-10,13,15,18H,7-8,11-12,14H2,(H2,23,24,26);1-5,8,11-12,14,20H,6-7,9-10H2,(H2,19,21,23);1-3H;1H4. The molecule has 0 radical (unpaired) electrons. The first kappa shape index (κ1) is 65.1. The summed E-state index contributed by atoms with van der Waals surface area (Å²) >= 11 is 0. The number of carbonyl (C=O) groups excluding carboxylic acids is 1. The van der Waals surface area contributed by atoms with Crippen molar-refractivity contribution in [2.45, 2.75) is 58.7 Å². The van der Waals surface area contributed by atoms with Crippen LogP contribution >= 0.6 is 0 Å².